The molecule has 0 saturated heterocycles. The van der Waals surface area contributed by atoms with Crippen molar-refractivity contribution in [3.8, 4) is 6.07 Å². The lowest BCUT2D eigenvalue weighted by atomic mass is 9.91. The van der Waals surface area contributed by atoms with Gasteiger partial charge in [0.2, 0.25) is 17.7 Å². The van der Waals surface area contributed by atoms with Crippen molar-refractivity contribution in [3.63, 3.8) is 0 Å². The summed E-state index contributed by atoms with van der Waals surface area (Å²) in [6.07, 6.45) is -4.03. The van der Waals surface area contributed by atoms with Gasteiger partial charge in [0, 0.05) is 21.3 Å². The minimum absolute atomic E-state index is 0.0635. The van der Waals surface area contributed by atoms with Crippen molar-refractivity contribution in [2.24, 2.45) is 5.92 Å². The monoisotopic (exact) mass is 539 g/mol. The zero-order chi connectivity index (χ0) is 25.3. The average Bonchev–Trinajstić information content (AvgIpc) is 3.08. The molecular formula is C21H24BrN4O8+. The molecule has 1 amide bonds. The molecule has 0 fully saturated rings. The van der Waals surface area contributed by atoms with Crippen molar-refractivity contribution in [2.45, 2.75) is 44.2 Å². The molecule has 13 heteroatoms. The second kappa shape index (κ2) is 9.98. The summed E-state index contributed by atoms with van der Waals surface area (Å²) in [5.41, 5.74) is 0.157. The Kier molecular flexibility index (Phi) is 7.47. The van der Waals surface area contributed by atoms with E-state index in [1.807, 2.05) is 6.07 Å². The topological polar surface area (TPSA) is 189 Å². The summed E-state index contributed by atoms with van der Waals surface area (Å²) in [6.45, 7) is 2.34. The molecule has 1 aliphatic heterocycles. The molecule has 0 aliphatic carbocycles. The van der Waals surface area contributed by atoms with Crippen LogP contribution in [-0.2, 0) is 14.3 Å². The fourth-order valence-electron chi connectivity index (χ4n) is 3.76. The smallest absolute Gasteiger partial charge is 0.371 e. The van der Waals surface area contributed by atoms with Gasteiger partial charge >= 0.3 is 11.7 Å². The zero-order valence-corrected chi connectivity index (χ0v) is 19.7. The number of nitrogens with one attached hydrogen (secondary N) is 1. The van der Waals surface area contributed by atoms with E-state index >= 15 is 0 Å². The van der Waals surface area contributed by atoms with E-state index < -0.39 is 60.6 Å². The van der Waals surface area contributed by atoms with E-state index in [1.165, 1.54) is 6.07 Å². The molecule has 1 aliphatic rings. The highest BCUT2D eigenvalue weighted by molar-refractivity contribution is 9.10. The maximum atomic E-state index is 12.6. The Labute approximate surface area is 202 Å². The predicted molar refractivity (Wildman–Crippen MR) is 117 cm³/mol. The third kappa shape index (κ3) is 4.58. The van der Waals surface area contributed by atoms with Crippen LogP contribution in [0.3, 0.4) is 0 Å². The van der Waals surface area contributed by atoms with E-state index in [0.29, 0.717) is 14.7 Å². The van der Waals surface area contributed by atoms with E-state index in [1.54, 1.807) is 26.0 Å². The fraction of sp³-hybridized carbons (Fsp3) is 0.429. The van der Waals surface area contributed by atoms with Gasteiger partial charge < -0.3 is 35.7 Å². The van der Waals surface area contributed by atoms with Gasteiger partial charge in [-0.25, -0.2) is 4.79 Å². The highest BCUT2D eigenvalue weighted by Gasteiger charge is 2.50. The number of rotatable bonds is 7. The molecule has 34 heavy (non-hydrogen) atoms. The number of nitrogens with zero attached hydrogens (tertiary/aromatic N) is 3. The normalized spacial score (nSPS) is 21.9. The molecule has 0 radical (unpaired) electrons. The van der Waals surface area contributed by atoms with Crippen LogP contribution in [0, 0.1) is 17.2 Å². The lowest BCUT2D eigenvalue weighted by molar-refractivity contribution is -0.815. The summed E-state index contributed by atoms with van der Waals surface area (Å²) in [4.78, 5) is 25.1. The first-order valence-electron chi connectivity index (χ1n) is 10.3. The molecule has 12 nitrogen and oxygen atoms in total. The lowest BCUT2D eigenvalue weighted by Crippen LogP contribution is -2.66. The first kappa shape index (κ1) is 25.4. The van der Waals surface area contributed by atoms with Gasteiger partial charge in [0.05, 0.1) is 12.0 Å². The zero-order valence-electron chi connectivity index (χ0n) is 18.2. The summed E-state index contributed by atoms with van der Waals surface area (Å²) in [5.74, 6) is -3.18. The summed E-state index contributed by atoms with van der Waals surface area (Å²) >= 11 is 3.31. The average molecular weight is 540 g/mol. The molecule has 6 N–H and O–H groups in total. The molecule has 0 unspecified atom stereocenters. The van der Waals surface area contributed by atoms with Crippen molar-refractivity contribution in [2.75, 3.05) is 6.61 Å². The van der Waals surface area contributed by atoms with Crippen molar-refractivity contribution >= 4 is 38.7 Å². The van der Waals surface area contributed by atoms with Crippen molar-refractivity contribution < 1.29 is 44.6 Å². The summed E-state index contributed by atoms with van der Waals surface area (Å²) in [6, 6.07) is 4.22. The number of nitriles is 1. The molecular weight excluding hydrogens is 516 g/mol. The number of benzene rings is 1. The minimum Gasteiger partial charge on any atom is -0.478 e. The molecule has 5 atom stereocenters. The Morgan fingerprint density at radius 1 is 1.35 bits per heavy atom. The van der Waals surface area contributed by atoms with E-state index in [4.69, 9.17) is 4.74 Å². The van der Waals surface area contributed by atoms with Crippen LogP contribution in [0.15, 0.2) is 34.5 Å². The van der Waals surface area contributed by atoms with Gasteiger partial charge in [-0.2, -0.15) is 5.26 Å². The molecule has 1 aromatic heterocycles. The minimum atomic E-state index is -1.83. The summed E-state index contributed by atoms with van der Waals surface area (Å²) in [7, 11) is 0. The highest BCUT2D eigenvalue weighted by Crippen LogP contribution is 2.30. The molecule has 182 valence electrons. The van der Waals surface area contributed by atoms with Crippen LogP contribution in [0.1, 0.15) is 25.6 Å². The Morgan fingerprint density at radius 2 is 2.03 bits per heavy atom. The van der Waals surface area contributed by atoms with E-state index in [0.717, 1.165) is 10.8 Å². The summed E-state index contributed by atoms with van der Waals surface area (Å²) in [5, 5.41) is 63.4. The number of hydrogen-bond donors (Lipinski definition) is 6. The number of hydrogen-bond acceptors (Lipinski definition) is 8. The van der Waals surface area contributed by atoms with Crippen LogP contribution in [0.5, 0.6) is 0 Å². The van der Waals surface area contributed by atoms with Gasteiger partial charge in [-0.3, -0.25) is 4.79 Å². The Balaban J connectivity index is 2.29. The SMILES string of the molecule is CC(C)C(=O)N[C@H]1[C@H]([C@H](O)[C@H](O)CO)OC(C(=O)O)=C[C@@H]1[n+]1c(C#N)c2cc(Br)ccc2n1O. The number of carbonyl (C=O) groups excluding carboxylic acids is 1. The first-order valence-corrected chi connectivity index (χ1v) is 11.0. The molecule has 0 bridgehead atoms. The number of aliphatic carboxylic acids is 1. The molecule has 2 aromatic rings. The number of carboxylic acid groups (broad SMARTS) is 1. The number of aliphatic hydroxyl groups excluding tert-OH is 3. The fourth-order valence-corrected chi connectivity index (χ4v) is 4.12. The van der Waals surface area contributed by atoms with Crippen molar-refractivity contribution in [1.82, 2.24) is 10.2 Å². The van der Waals surface area contributed by atoms with Gasteiger partial charge in [0.25, 0.3) is 0 Å². The van der Waals surface area contributed by atoms with Gasteiger partial charge in [0.15, 0.2) is 17.7 Å². The summed E-state index contributed by atoms with van der Waals surface area (Å²) < 4.78 is 7.10. The van der Waals surface area contributed by atoms with Crippen molar-refractivity contribution in [1.29, 1.82) is 5.26 Å². The van der Waals surface area contributed by atoms with E-state index in [2.05, 4.69) is 21.2 Å². The van der Waals surface area contributed by atoms with Crippen LogP contribution < -0.4 is 10.00 Å². The number of halogens is 1. The third-order valence-corrected chi connectivity index (χ3v) is 6.01. The molecule has 2 heterocycles. The Bertz CT molecular complexity index is 1190. The third-order valence-electron chi connectivity index (χ3n) is 5.52. The second-order valence-corrected chi connectivity index (χ2v) is 9.01. The highest BCUT2D eigenvalue weighted by atomic mass is 79.9. The van der Waals surface area contributed by atoms with Crippen LogP contribution >= 0.6 is 15.9 Å². The first-order chi connectivity index (χ1) is 16.0. The number of ether oxygens (including phenoxy) is 1. The predicted octanol–water partition coefficient (Wildman–Crippen LogP) is -0.436. The van der Waals surface area contributed by atoms with Gasteiger partial charge in [0.1, 0.15) is 18.2 Å². The van der Waals surface area contributed by atoms with Crippen LogP contribution in [0.4, 0.5) is 0 Å². The number of fused-ring (bicyclic) bond motifs is 1. The molecule has 3 rings (SSSR count). The molecule has 0 spiro atoms. The number of aromatic nitrogens is 2. The second-order valence-electron chi connectivity index (χ2n) is 8.09. The molecule has 0 saturated carbocycles. The molecule has 1 aromatic carbocycles. The maximum absolute atomic E-state index is 12.6. The number of carboxylic acids is 1. The van der Waals surface area contributed by atoms with Crippen molar-refractivity contribution in [3.05, 3.63) is 40.2 Å². The van der Waals surface area contributed by atoms with Gasteiger partial charge in [-0.05, 0) is 18.2 Å². The number of amides is 1. The van der Waals surface area contributed by atoms with E-state index in [-0.39, 0.29) is 11.2 Å². The van der Waals surface area contributed by atoms with Crippen LogP contribution in [0.25, 0.3) is 10.9 Å². The van der Waals surface area contributed by atoms with E-state index in [9.17, 15) is 40.5 Å². The number of aliphatic hydroxyl groups is 3. The largest absolute Gasteiger partial charge is 0.478 e. The van der Waals surface area contributed by atoms with Gasteiger partial charge in [-0.1, -0.05) is 34.5 Å². The standard InChI is InChI=1S/C21H23BrN4O8/c1-9(2)20(30)24-17-13(6-16(21(31)32)34-19(17)18(29)15(28)8-27)25-14(7-23)11-5-10(22)3-4-12(11)26(25)33/h3-6,9,13,15,17-19,27-29H,8H2,1-2H3,(H2-,24,30,31,32,33)/p+1/t13-,15+,17+,18+,19+/m0/s1. The number of carbonyl (C=O) groups is 2. The Hall–Kier alpha value is -3.18. The maximum Gasteiger partial charge on any atom is 0.371 e. The van der Waals surface area contributed by atoms with Gasteiger partial charge in [-0.15, -0.1) is 0 Å². The Morgan fingerprint density at radius 3 is 2.59 bits per heavy atom. The van der Waals surface area contributed by atoms with Crippen LogP contribution in [-0.4, -0.2) is 73.3 Å². The van der Waals surface area contributed by atoms with Crippen LogP contribution in [0.2, 0.25) is 0 Å². The lowest BCUT2D eigenvalue weighted by Gasteiger charge is -2.37. The quantitative estimate of drug-likeness (QED) is 0.200.